The molecule has 2 nitrogen and oxygen atoms in total. The van der Waals surface area contributed by atoms with Gasteiger partial charge in [0.2, 0.25) is 5.78 Å². The molecule has 0 radical (unpaired) electrons. The third kappa shape index (κ3) is 4.88. The van der Waals surface area contributed by atoms with E-state index in [0.29, 0.717) is 5.56 Å². The van der Waals surface area contributed by atoms with Crippen LogP contribution in [0.25, 0.3) is 3.58 Å². The lowest BCUT2D eigenvalue weighted by Gasteiger charge is -1.99. The standard InChI is InChI=1S/C23H16INO/c24-22(18-9-3-1-4-10-18)17-19-11-7-8-14-21(19)23(26)15-16-25-20-12-5-2-6-13-20/h1-16H/p+1. The van der Waals surface area contributed by atoms with Crippen molar-refractivity contribution in [2.45, 2.75) is 0 Å². The minimum absolute atomic E-state index is 0.0613. The second-order valence-corrected chi connectivity index (χ2v) is 6.64. The average molecular weight is 450 g/mol. The van der Waals surface area contributed by atoms with Crippen molar-refractivity contribution in [2.75, 3.05) is 5.32 Å². The maximum atomic E-state index is 12.6. The van der Waals surface area contributed by atoms with Gasteiger partial charge in [0.1, 0.15) is 5.56 Å². The number of carbonyl (C=O) groups excluding carboxylic acids is 1. The molecule has 0 unspecified atom stereocenters. The van der Waals surface area contributed by atoms with Crippen LogP contribution in [0.2, 0.25) is 0 Å². The normalized spacial score (nSPS) is 11.2. The molecule has 26 heavy (non-hydrogen) atoms. The number of anilines is 1. The summed E-state index contributed by atoms with van der Waals surface area (Å²) in [5.41, 5.74) is 3.44. The Balaban J connectivity index is 1.79. The highest BCUT2D eigenvalue weighted by atomic mass is 127. The van der Waals surface area contributed by atoms with Crippen LogP contribution in [0.15, 0.2) is 97.2 Å². The van der Waals surface area contributed by atoms with E-state index in [0.717, 1.165) is 20.4 Å². The van der Waals surface area contributed by atoms with Crippen LogP contribution in [0, 0.1) is 6.08 Å². The van der Waals surface area contributed by atoms with Gasteiger partial charge in [-0.3, -0.25) is 4.79 Å². The van der Waals surface area contributed by atoms with Gasteiger partial charge in [-0.15, -0.1) is 0 Å². The number of allylic oxidation sites excluding steroid dienone is 1. The number of halogens is 1. The maximum Gasteiger partial charge on any atom is 0.229 e. The lowest BCUT2D eigenvalue weighted by atomic mass is 10.0. The van der Waals surface area contributed by atoms with Crippen LogP contribution in [0.3, 0.4) is 0 Å². The van der Waals surface area contributed by atoms with Crippen LogP contribution < -0.4 is 5.32 Å². The van der Waals surface area contributed by atoms with Crippen LogP contribution in [-0.2, 0) is 0 Å². The number of para-hydroxylation sites is 1. The van der Waals surface area contributed by atoms with Gasteiger partial charge in [0.25, 0.3) is 0 Å². The van der Waals surface area contributed by atoms with Crippen molar-refractivity contribution >= 4 is 37.6 Å². The van der Waals surface area contributed by atoms with Crippen LogP contribution in [0.1, 0.15) is 21.5 Å². The number of benzene rings is 3. The van der Waals surface area contributed by atoms with Gasteiger partial charge in [-0.1, -0.05) is 36.4 Å². The van der Waals surface area contributed by atoms with Gasteiger partial charge in [-0.25, -0.2) is 0 Å². The molecule has 3 rings (SSSR count). The van der Waals surface area contributed by atoms with Crippen molar-refractivity contribution in [3.05, 3.63) is 120 Å². The van der Waals surface area contributed by atoms with Gasteiger partial charge in [0.05, 0.1) is 5.56 Å². The minimum Gasteiger partial charge on any atom is -0.362 e. The van der Waals surface area contributed by atoms with Crippen LogP contribution in [-0.4, -0.2) is 5.78 Å². The van der Waals surface area contributed by atoms with Gasteiger partial charge in [0, 0.05) is 30.1 Å². The fourth-order valence-electron chi connectivity index (χ4n) is 2.42. The van der Waals surface area contributed by atoms with Gasteiger partial charge in [-0.05, 0) is 65.1 Å². The molecule has 3 aromatic carbocycles. The van der Waals surface area contributed by atoms with Gasteiger partial charge in [-0.2, -0.15) is 0 Å². The molecule has 0 aliphatic carbocycles. The van der Waals surface area contributed by atoms with Crippen molar-refractivity contribution in [3.8, 4) is 0 Å². The first-order valence-electron chi connectivity index (χ1n) is 8.20. The monoisotopic (exact) mass is 450 g/mol. The second kappa shape index (κ2) is 9.09. The molecular formula is C23H17INO+. The van der Waals surface area contributed by atoms with Gasteiger partial charge in [0.15, 0.2) is 9.14 Å². The highest BCUT2D eigenvalue weighted by molar-refractivity contribution is 14.1. The maximum absolute atomic E-state index is 12.6. The second-order valence-electron chi connectivity index (χ2n) is 5.56. The lowest BCUT2D eigenvalue weighted by molar-refractivity contribution is 0.104. The van der Waals surface area contributed by atoms with Crippen molar-refractivity contribution in [1.29, 1.82) is 0 Å². The summed E-state index contributed by atoms with van der Waals surface area (Å²) in [4.78, 5) is 12.6. The van der Waals surface area contributed by atoms with E-state index >= 15 is 0 Å². The number of hydrogen-bond acceptors (Lipinski definition) is 2. The molecular weight excluding hydrogens is 433 g/mol. The fourth-order valence-corrected chi connectivity index (χ4v) is 3.07. The van der Waals surface area contributed by atoms with Crippen LogP contribution in [0.4, 0.5) is 5.69 Å². The first-order valence-corrected chi connectivity index (χ1v) is 9.28. The van der Waals surface area contributed by atoms with E-state index in [1.165, 1.54) is 0 Å². The Kier molecular flexibility index (Phi) is 6.31. The first-order chi connectivity index (χ1) is 12.7. The average Bonchev–Trinajstić information content (AvgIpc) is 2.70. The van der Waals surface area contributed by atoms with E-state index in [4.69, 9.17) is 0 Å². The van der Waals surface area contributed by atoms with E-state index in [1.54, 1.807) is 12.3 Å². The molecule has 0 saturated carbocycles. The zero-order valence-corrected chi connectivity index (χ0v) is 16.2. The molecule has 126 valence electrons. The minimum atomic E-state index is -0.0613. The lowest BCUT2D eigenvalue weighted by Crippen LogP contribution is -1.99. The summed E-state index contributed by atoms with van der Waals surface area (Å²) in [6, 6.07) is 27.3. The number of hydrogen-bond donors (Lipinski definition) is 1. The summed E-state index contributed by atoms with van der Waals surface area (Å²) < 4.78 is 0.967. The van der Waals surface area contributed by atoms with Gasteiger partial charge < -0.3 is 5.32 Å². The predicted octanol–water partition coefficient (Wildman–Crippen LogP) is 6.12. The van der Waals surface area contributed by atoms with Crippen LogP contribution >= 0.6 is 22.6 Å². The number of carbonyl (C=O) groups is 1. The molecule has 0 heterocycles. The molecule has 1 N–H and O–H groups in total. The van der Waals surface area contributed by atoms with Crippen molar-refractivity contribution in [3.63, 3.8) is 0 Å². The third-order valence-electron chi connectivity index (χ3n) is 3.72. The Labute approximate surface area is 167 Å². The Hall–Kier alpha value is -2.75. The summed E-state index contributed by atoms with van der Waals surface area (Å²) in [5.74, 6) is -0.0613. The number of rotatable bonds is 6. The SMILES string of the molecule is O=C(C=CNc1ccccc1)c1ccccc1[C+]=C(I)c1ccccc1. The van der Waals surface area contributed by atoms with Gasteiger partial charge >= 0.3 is 0 Å². The molecule has 0 aliphatic heterocycles. The zero-order valence-electron chi connectivity index (χ0n) is 14.0. The first kappa shape index (κ1) is 18.1. The summed E-state index contributed by atoms with van der Waals surface area (Å²) >= 11 is 2.25. The molecule has 0 amide bonds. The highest BCUT2D eigenvalue weighted by Gasteiger charge is 2.15. The largest absolute Gasteiger partial charge is 0.362 e. The topological polar surface area (TPSA) is 29.1 Å². The zero-order chi connectivity index (χ0) is 18.2. The van der Waals surface area contributed by atoms with Crippen molar-refractivity contribution < 1.29 is 4.79 Å². The van der Waals surface area contributed by atoms with E-state index < -0.39 is 0 Å². The van der Waals surface area contributed by atoms with Crippen molar-refractivity contribution in [1.82, 2.24) is 0 Å². The Morgan fingerprint density at radius 3 is 2.19 bits per heavy atom. The highest BCUT2D eigenvalue weighted by Crippen LogP contribution is 2.24. The summed E-state index contributed by atoms with van der Waals surface area (Å²) in [6.45, 7) is 0. The van der Waals surface area contributed by atoms with Crippen molar-refractivity contribution in [2.24, 2.45) is 0 Å². The third-order valence-corrected chi connectivity index (χ3v) is 4.62. The Morgan fingerprint density at radius 1 is 0.846 bits per heavy atom. The number of ketones is 1. The van der Waals surface area contributed by atoms with E-state index in [-0.39, 0.29) is 5.78 Å². The molecule has 0 saturated heterocycles. The summed E-state index contributed by atoms with van der Waals surface area (Å²) in [6.07, 6.45) is 6.56. The predicted molar refractivity (Wildman–Crippen MR) is 116 cm³/mol. The molecule has 3 heteroatoms. The van der Waals surface area contributed by atoms with Crippen LogP contribution in [0.5, 0.6) is 0 Å². The van der Waals surface area contributed by atoms with E-state index in [2.05, 4.69) is 34.0 Å². The molecule has 0 bridgehead atoms. The number of nitrogens with one attached hydrogen (secondary N) is 1. The summed E-state index contributed by atoms with van der Waals surface area (Å²) in [7, 11) is 0. The molecule has 0 fully saturated rings. The molecule has 0 atom stereocenters. The Bertz CT molecular complexity index is 931. The summed E-state index contributed by atoms with van der Waals surface area (Å²) in [5, 5.41) is 3.10. The fraction of sp³-hybridized carbons (Fsp3) is 0. The quantitative estimate of drug-likeness (QED) is 0.161. The molecule has 3 aromatic rings. The molecule has 0 aliphatic rings. The van der Waals surface area contributed by atoms with E-state index in [9.17, 15) is 4.79 Å². The smallest absolute Gasteiger partial charge is 0.229 e. The Morgan fingerprint density at radius 2 is 1.46 bits per heavy atom. The molecule has 0 spiro atoms. The molecule has 0 aromatic heterocycles. The van der Waals surface area contributed by atoms with E-state index in [1.807, 2.05) is 84.9 Å².